The molecule has 8 heteroatoms. The number of unbranched alkanes of at least 4 members (excludes halogenated alkanes) is 2. The van der Waals surface area contributed by atoms with Crippen LogP contribution in [0.15, 0.2) is 72.6 Å². The van der Waals surface area contributed by atoms with Gasteiger partial charge >= 0.3 is 0 Å². The summed E-state index contributed by atoms with van der Waals surface area (Å²) in [5.74, 6) is 0.0609. The van der Waals surface area contributed by atoms with E-state index in [0.29, 0.717) is 48.2 Å². The second kappa shape index (κ2) is 11.4. The van der Waals surface area contributed by atoms with E-state index in [0.717, 1.165) is 24.8 Å². The van der Waals surface area contributed by atoms with Crippen LogP contribution in [-0.4, -0.2) is 46.5 Å². The third kappa shape index (κ3) is 5.20. The maximum Gasteiger partial charge on any atom is 0.295 e. The van der Waals surface area contributed by atoms with Gasteiger partial charge in [-0.3, -0.25) is 14.6 Å². The molecule has 2 aromatic carbocycles. The van der Waals surface area contributed by atoms with Crippen LogP contribution in [0, 0.1) is 0 Å². The van der Waals surface area contributed by atoms with Gasteiger partial charge in [-0.1, -0.05) is 38.0 Å². The molecule has 3 heterocycles. The Balaban J connectivity index is 1.53. The zero-order valence-electron chi connectivity index (χ0n) is 21.3. The number of aromatic nitrogens is 1. The Kier molecular flexibility index (Phi) is 7.58. The highest BCUT2D eigenvalue weighted by atomic mass is 16.6. The molecule has 0 saturated carbocycles. The van der Waals surface area contributed by atoms with Crippen molar-refractivity contribution in [2.75, 3.05) is 19.8 Å². The van der Waals surface area contributed by atoms with Crippen LogP contribution in [0.3, 0.4) is 0 Å². The van der Waals surface area contributed by atoms with Gasteiger partial charge in [0, 0.05) is 24.5 Å². The van der Waals surface area contributed by atoms with Crippen molar-refractivity contribution in [1.29, 1.82) is 0 Å². The molecule has 0 radical (unpaired) electrons. The normalized spacial score (nSPS) is 18.0. The molecule has 1 amide bonds. The van der Waals surface area contributed by atoms with Crippen LogP contribution in [-0.2, 0) is 16.1 Å². The monoisotopic (exact) mass is 514 g/mol. The molecule has 1 N–H and O–H groups in total. The number of amides is 1. The van der Waals surface area contributed by atoms with E-state index in [4.69, 9.17) is 14.2 Å². The molecule has 8 nitrogen and oxygen atoms in total. The molecule has 3 aromatic rings. The number of aliphatic hydroxyl groups excluding tert-OH is 1. The van der Waals surface area contributed by atoms with E-state index >= 15 is 0 Å². The van der Waals surface area contributed by atoms with Crippen molar-refractivity contribution in [2.24, 2.45) is 0 Å². The SMILES string of the molecule is CCCCCOc1ccc(C2C(=C(O)c3ccc4c(c3)OCCO4)C(=O)C(=O)N2Cc2cccnc2)cc1. The standard InChI is InChI=1S/C30H30N2O6/c1-2-3-4-14-36-23-10-7-21(8-11-23)27-26(28(33)22-9-12-24-25(17-22)38-16-15-37-24)29(34)30(35)32(27)19-20-6-5-13-31-18-20/h5-13,17-18,27,33H,2-4,14-16,19H2,1H3. The van der Waals surface area contributed by atoms with Gasteiger partial charge in [-0.15, -0.1) is 0 Å². The Hall–Kier alpha value is -4.33. The predicted octanol–water partition coefficient (Wildman–Crippen LogP) is 5.04. The second-order valence-electron chi connectivity index (χ2n) is 9.27. The molecule has 1 atom stereocenters. The number of ether oxygens (including phenoxy) is 3. The van der Waals surface area contributed by atoms with E-state index in [9.17, 15) is 14.7 Å². The van der Waals surface area contributed by atoms with Crippen molar-refractivity contribution in [1.82, 2.24) is 9.88 Å². The van der Waals surface area contributed by atoms with E-state index in [2.05, 4.69) is 11.9 Å². The third-order valence-electron chi connectivity index (χ3n) is 6.64. The number of aliphatic hydroxyl groups is 1. The largest absolute Gasteiger partial charge is 0.507 e. The van der Waals surface area contributed by atoms with E-state index in [-0.39, 0.29) is 17.9 Å². The Bertz CT molecular complexity index is 1340. The van der Waals surface area contributed by atoms with Crippen molar-refractivity contribution in [3.63, 3.8) is 0 Å². The predicted molar refractivity (Wildman–Crippen MR) is 141 cm³/mol. The molecule has 0 bridgehead atoms. The Morgan fingerprint density at radius 1 is 1.05 bits per heavy atom. The fraction of sp³-hybridized carbons (Fsp3) is 0.300. The number of fused-ring (bicyclic) bond motifs is 1. The van der Waals surface area contributed by atoms with Crippen LogP contribution in [0.5, 0.6) is 17.2 Å². The molecule has 2 aliphatic heterocycles. The molecule has 1 fully saturated rings. The highest BCUT2D eigenvalue weighted by molar-refractivity contribution is 6.46. The Morgan fingerprint density at radius 3 is 2.58 bits per heavy atom. The van der Waals surface area contributed by atoms with Gasteiger partial charge in [0.15, 0.2) is 11.5 Å². The van der Waals surface area contributed by atoms with Crippen molar-refractivity contribution < 1.29 is 28.9 Å². The van der Waals surface area contributed by atoms with Crippen LogP contribution >= 0.6 is 0 Å². The molecule has 1 unspecified atom stereocenters. The molecule has 2 aliphatic rings. The molecule has 5 rings (SSSR count). The van der Waals surface area contributed by atoms with Crippen LogP contribution < -0.4 is 14.2 Å². The average Bonchev–Trinajstić information content (AvgIpc) is 3.20. The minimum absolute atomic E-state index is 0.0205. The topological polar surface area (TPSA) is 98.2 Å². The Morgan fingerprint density at radius 2 is 1.84 bits per heavy atom. The zero-order chi connectivity index (χ0) is 26.5. The smallest absolute Gasteiger partial charge is 0.295 e. The first-order chi connectivity index (χ1) is 18.6. The first-order valence-corrected chi connectivity index (χ1v) is 12.9. The number of Topliss-reactive ketones (excluding diaryl/α,β-unsaturated/α-hetero) is 1. The van der Waals surface area contributed by atoms with Crippen LogP contribution in [0.2, 0.25) is 0 Å². The molecule has 1 aromatic heterocycles. The van der Waals surface area contributed by atoms with Gasteiger partial charge in [0.05, 0.1) is 18.2 Å². The minimum atomic E-state index is -0.794. The van der Waals surface area contributed by atoms with Gasteiger partial charge in [-0.2, -0.15) is 0 Å². The minimum Gasteiger partial charge on any atom is -0.507 e. The number of likely N-dealkylation sites (tertiary alicyclic amines) is 1. The summed E-state index contributed by atoms with van der Waals surface area (Å²) in [6.07, 6.45) is 6.49. The van der Waals surface area contributed by atoms with E-state index in [1.165, 1.54) is 4.90 Å². The number of pyridine rings is 1. The van der Waals surface area contributed by atoms with Crippen molar-refractivity contribution in [2.45, 2.75) is 38.8 Å². The van der Waals surface area contributed by atoms with Crippen molar-refractivity contribution in [3.8, 4) is 17.2 Å². The fourth-order valence-electron chi connectivity index (χ4n) is 4.71. The third-order valence-corrected chi connectivity index (χ3v) is 6.64. The first-order valence-electron chi connectivity index (χ1n) is 12.9. The van der Waals surface area contributed by atoms with Gasteiger partial charge in [0.1, 0.15) is 24.7 Å². The van der Waals surface area contributed by atoms with Gasteiger partial charge in [-0.05, 0) is 53.9 Å². The highest BCUT2D eigenvalue weighted by Crippen LogP contribution is 2.42. The summed E-state index contributed by atoms with van der Waals surface area (Å²) >= 11 is 0. The fourth-order valence-corrected chi connectivity index (χ4v) is 4.71. The number of rotatable bonds is 9. The lowest BCUT2D eigenvalue weighted by molar-refractivity contribution is -0.140. The first kappa shape index (κ1) is 25.3. The maximum absolute atomic E-state index is 13.4. The molecule has 1 saturated heterocycles. The summed E-state index contributed by atoms with van der Waals surface area (Å²) in [6.45, 7) is 3.75. The number of ketones is 1. The number of hydrogen-bond donors (Lipinski definition) is 1. The molecule has 38 heavy (non-hydrogen) atoms. The molecular weight excluding hydrogens is 484 g/mol. The second-order valence-corrected chi connectivity index (χ2v) is 9.27. The summed E-state index contributed by atoms with van der Waals surface area (Å²) in [7, 11) is 0. The van der Waals surface area contributed by atoms with E-state index in [1.807, 2.05) is 30.3 Å². The summed E-state index contributed by atoms with van der Waals surface area (Å²) in [4.78, 5) is 32.3. The van der Waals surface area contributed by atoms with Gasteiger partial charge in [0.2, 0.25) is 0 Å². The lowest BCUT2D eigenvalue weighted by Crippen LogP contribution is -2.29. The van der Waals surface area contributed by atoms with E-state index in [1.54, 1.807) is 36.7 Å². The number of carbonyl (C=O) groups is 2. The number of carbonyl (C=O) groups excluding carboxylic acids is 2. The number of nitrogens with zero attached hydrogens (tertiary/aromatic N) is 2. The summed E-state index contributed by atoms with van der Waals surface area (Å²) in [5, 5.41) is 11.4. The summed E-state index contributed by atoms with van der Waals surface area (Å²) in [5.41, 5.74) is 1.85. The zero-order valence-corrected chi connectivity index (χ0v) is 21.3. The summed E-state index contributed by atoms with van der Waals surface area (Å²) < 4.78 is 17.1. The number of benzene rings is 2. The van der Waals surface area contributed by atoms with Crippen molar-refractivity contribution in [3.05, 3.63) is 89.3 Å². The quantitative estimate of drug-likeness (QED) is 0.185. The Labute approximate surface area is 221 Å². The molecule has 0 spiro atoms. The lowest BCUT2D eigenvalue weighted by atomic mass is 9.95. The molecule has 196 valence electrons. The average molecular weight is 515 g/mol. The van der Waals surface area contributed by atoms with Crippen molar-refractivity contribution >= 4 is 17.4 Å². The van der Waals surface area contributed by atoms with Gasteiger partial charge in [0.25, 0.3) is 11.7 Å². The van der Waals surface area contributed by atoms with E-state index < -0.39 is 17.7 Å². The highest BCUT2D eigenvalue weighted by Gasteiger charge is 2.46. The lowest BCUT2D eigenvalue weighted by Gasteiger charge is -2.25. The summed E-state index contributed by atoms with van der Waals surface area (Å²) in [6, 6.07) is 15.1. The molecule has 0 aliphatic carbocycles. The maximum atomic E-state index is 13.4. The van der Waals surface area contributed by atoms with Gasteiger partial charge in [-0.25, -0.2) is 0 Å². The van der Waals surface area contributed by atoms with Gasteiger partial charge < -0.3 is 24.2 Å². The molecular formula is C30H30N2O6. The van der Waals surface area contributed by atoms with Crippen LogP contribution in [0.1, 0.15) is 48.9 Å². The number of hydrogen-bond acceptors (Lipinski definition) is 7. The van der Waals surface area contributed by atoms with Crippen LogP contribution in [0.25, 0.3) is 5.76 Å². The van der Waals surface area contributed by atoms with Crippen LogP contribution in [0.4, 0.5) is 0 Å².